The van der Waals surface area contributed by atoms with Gasteiger partial charge in [-0.2, -0.15) is 0 Å². The summed E-state index contributed by atoms with van der Waals surface area (Å²) >= 11 is 0. The number of carbonyl (C=O) groups excluding carboxylic acids is 1. The van der Waals surface area contributed by atoms with Gasteiger partial charge >= 0.3 is 6.03 Å². The molecule has 2 amide bonds. The minimum absolute atomic E-state index is 0.286. The number of para-hydroxylation sites is 2. The topological polar surface area (TPSA) is 76.4 Å². The fourth-order valence-corrected chi connectivity index (χ4v) is 2.55. The van der Waals surface area contributed by atoms with Gasteiger partial charge in [0.15, 0.2) is 11.5 Å². The first kappa shape index (κ1) is 15.9. The summed E-state index contributed by atoms with van der Waals surface area (Å²) in [6, 6.07) is 12.9. The van der Waals surface area contributed by atoms with Crippen LogP contribution < -0.4 is 15.4 Å². The lowest BCUT2D eigenvalue weighted by molar-refractivity contribution is 0.252. The van der Waals surface area contributed by atoms with Crippen molar-refractivity contribution in [2.24, 2.45) is 0 Å². The third-order valence-electron chi connectivity index (χ3n) is 3.64. The number of hydrogen-bond acceptors (Lipinski definition) is 4. The van der Waals surface area contributed by atoms with Crippen LogP contribution in [0, 0.1) is 6.92 Å². The zero-order valence-corrected chi connectivity index (χ0v) is 13.6. The number of nitrogens with one attached hydrogen (secondary N) is 2. The lowest BCUT2D eigenvalue weighted by Gasteiger charge is -2.10. The van der Waals surface area contributed by atoms with Gasteiger partial charge in [-0.05, 0) is 30.2 Å². The van der Waals surface area contributed by atoms with Crippen molar-refractivity contribution in [1.29, 1.82) is 0 Å². The number of benzene rings is 2. The van der Waals surface area contributed by atoms with E-state index in [1.54, 1.807) is 20.1 Å². The number of rotatable bonds is 5. The summed E-state index contributed by atoms with van der Waals surface area (Å²) in [5.41, 5.74) is 2.95. The second-order valence-corrected chi connectivity index (χ2v) is 5.33. The minimum Gasteiger partial charge on any atom is -0.496 e. The van der Waals surface area contributed by atoms with E-state index in [0.29, 0.717) is 30.1 Å². The Morgan fingerprint density at radius 1 is 1.21 bits per heavy atom. The number of fused-ring (bicyclic) bond motifs is 1. The van der Waals surface area contributed by atoms with E-state index in [1.165, 1.54) is 0 Å². The van der Waals surface area contributed by atoms with E-state index in [0.717, 1.165) is 16.8 Å². The maximum Gasteiger partial charge on any atom is 0.319 e. The van der Waals surface area contributed by atoms with Crippen LogP contribution in [0.2, 0.25) is 0 Å². The van der Waals surface area contributed by atoms with Gasteiger partial charge in [-0.15, -0.1) is 0 Å². The number of urea groups is 1. The molecule has 0 unspecified atom stereocenters. The fraction of sp³-hybridized carbons (Fsp3) is 0.222. The van der Waals surface area contributed by atoms with Gasteiger partial charge in [0.1, 0.15) is 11.3 Å². The van der Waals surface area contributed by atoms with E-state index in [-0.39, 0.29) is 6.03 Å². The number of methoxy groups -OCH3 is 1. The molecule has 0 aliphatic carbocycles. The lowest BCUT2D eigenvalue weighted by Crippen LogP contribution is -2.30. The molecule has 3 aromatic rings. The molecule has 0 radical (unpaired) electrons. The van der Waals surface area contributed by atoms with Crippen LogP contribution in [0.1, 0.15) is 11.5 Å². The van der Waals surface area contributed by atoms with E-state index in [2.05, 4.69) is 15.6 Å². The molecule has 124 valence electrons. The van der Waals surface area contributed by atoms with Gasteiger partial charge in [0, 0.05) is 13.5 Å². The monoisotopic (exact) mass is 325 g/mol. The van der Waals surface area contributed by atoms with Gasteiger partial charge in [0.05, 0.1) is 12.8 Å². The SMILES string of the molecule is COc1ccccc1CCNC(=O)Nc1cccc2nc(C)oc12. The highest BCUT2D eigenvalue weighted by atomic mass is 16.5. The quantitative estimate of drug-likeness (QED) is 0.752. The lowest BCUT2D eigenvalue weighted by atomic mass is 10.1. The van der Waals surface area contributed by atoms with Crippen LogP contribution >= 0.6 is 0 Å². The zero-order chi connectivity index (χ0) is 16.9. The van der Waals surface area contributed by atoms with Crippen LogP contribution in [-0.4, -0.2) is 24.7 Å². The molecule has 0 fully saturated rings. The predicted molar refractivity (Wildman–Crippen MR) is 92.5 cm³/mol. The number of nitrogens with zero attached hydrogens (tertiary/aromatic N) is 1. The Hall–Kier alpha value is -3.02. The Balaban J connectivity index is 1.59. The Morgan fingerprint density at radius 2 is 2.04 bits per heavy atom. The van der Waals surface area contributed by atoms with Crippen molar-refractivity contribution < 1.29 is 13.9 Å². The predicted octanol–water partition coefficient (Wildman–Crippen LogP) is 3.51. The van der Waals surface area contributed by atoms with Crippen molar-refractivity contribution in [3.8, 4) is 5.75 Å². The highest BCUT2D eigenvalue weighted by Gasteiger charge is 2.10. The molecule has 0 saturated heterocycles. The Labute approximate surface area is 139 Å². The third-order valence-corrected chi connectivity index (χ3v) is 3.64. The number of ether oxygens (including phenoxy) is 1. The number of hydrogen-bond donors (Lipinski definition) is 2. The smallest absolute Gasteiger partial charge is 0.319 e. The van der Waals surface area contributed by atoms with Crippen molar-refractivity contribution in [3.63, 3.8) is 0 Å². The van der Waals surface area contributed by atoms with Crippen LogP contribution in [0.25, 0.3) is 11.1 Å². The summed E-state index contributed by atoms with van der Waals surface area (Å²) in [6.45, 7) is 2.27. The van der Waals surface area contributed by atoms with E-state index in [4.69, 9.17) is 9.15 Å². The molecule has 2 aromatic carbocycles. The minimum atomic E-state index is -0.286. The molecule has 6 nitrogen and oxygen atoms in total. The molecule has 1 aromatic heterocycles. The van der Waals surface area contributed by atoms with E-state index < -0.39 is 0 Å². The molecule has 3 rings (SSSR count). The molecule has 2 N–H and O–H groups in total. The Morgan fingerprint density at radius 3 is 2.88 bits per heavy atom. The van der Waals surface area contributed by atoms with Gasteiger partial charge < -0.3 is 19.8 Å². The van der Waals surface area contributed by atoms with Gasteiger partial charge in [0.25, 0.3) is 0 Å². The Kier molecular flexibility index (Phi) is 4.65. The summed E-state index contributed by atoms with van der Waals surface area (Å²) in [5.74, 6) is 1.39. The van der Waals surface area contributed by atoms with Crippen molar-refractivity contribution in [1.82, 2.24) is 10.3 Å². The summed E-state index contributed by atoms with van der Waals surface area (Å²) in [6.07, 6.45) is 0.684. The fourth-order valence-electron chi connectivity index (χ4n) is 2.55. The van der Waals surface area contributed by atoms with Crippen molar-refractivity contribution in [2.45, 2.75) is 13.3 Å². The van der Waals surface area contributed by atoms with E-state index in [1.807, 2.05) is 36.4 Å². The molecule has 0 atom stereocenters. The normalized spacial score (nSPS) is 10.6. The van der Waals surface area contributed by atoms with Gasteiger partial charge in [-0.25, -0.2) is 9.78 Å². The molecule has 0 bridgehead atoms. The van der Waals surface area contributed by atoms with E-state index in [9.17, 15) is 4.79 Å². The average Bonchev–Trinajstić information content (AvgIpc) is 2.96. The molecule has 6 heteroatoms. The number of aryl methyl sites for hydroxylation is 1. The molecular weight excluding hydrogens is 306 g/mol. The first-order chi connectivity index (χ1) is 11.7. The molecule has 1 heterocycles. The summed E-state index contributed by atoms with van der Waals surface area (Å²) < 4.78 is 10.8. The second kappa shape index (κ2) is 7.04. The number of oxazole rings is 1. The molecule has 24 heavy (non-hydrogen) atoms. The van der Waals surface area contributed by atoms with Gasteiger partial charge in [-0.1, -0.05) is 24.3 Å². The summed E-state index contributed by atoms with van der Waals surface area (Å²) in [4.78, 5) is 16.3. The third kappa shape index (κ3) is 3.48. The number of aromatic nitrogens is 1. The molecule has 0 aliphatic rings. The molecular formula is C18H19N3O3. The van der Waals surface area contributed by atoms with Crippen LogP contribution in [0.5, 0.6) is 5.75 Å². The highest BCUT2D eigenvalue weighted by molar-refractivity contribution is 5.97. The van der Waals surface area contributed by atoms with Crippen LogP contribution in [0.15, 0.2) is 46.9 Å². The van der Waals surface area contributed by atoms with Gasteiger partial charge in [0.2, 0.25) is 0 Å². The number of amides is 2. The molecule has 0 aliphatic heterocycles. The van der Waals surface area contributed by atoms with Crippen LogP contribution in [-0.2, 0) is 6.42 Å². The van der Waals surface area contributed by atoms with Crippen molar-refractivity contribution in [3.05, 3.63) is 53.9 Å². The van der Waals surface area contributed by atoms with Crippen molar-refractivity contribution >= 4 is 22.8 Å². The van der Waals surface area contributed by atoms with Crippen LogP contribution in [0.4, 0.5) is 10.5 Å². The number of anilines is 1. The van der Waals surface area contributed by atoms with Crippen molar-refractivity contribution in [2.75, 3.05) is 19.0 Å². The molecule has 0 spiro atoms. The maximum atomic E-state index is 12.1. The summed E-state index contributed by atoms with van der Waals surface area (Å²) in [7, 11) is 1.64. The first-order valence-electron chi connectivity index (χ1n) is 7.70. The van der Waals surface area contributed by atoms with Crippen LogP contribution in [0.3, 0.4) is 0 Å². The van der Waals surface area contributed by atoms with E-state index >= 15 is 0 Å². The molecule has 0 saturated carbocycles. The first-order valence-corrected chi connectivity index (χ1v) is 7.70. The highest BCUT2D eigenvalue weighted by Crippen LogP contribution is 2.24. The average molecular weight is 325 g/mol. The largest absolute Gasteiger partial charge is 0.496 e. The standard InChI is InChI=1S/C18H19N3O3/c1-12-20-14-7-5-8-15(17(14)24-12)21-18(22)19-11-10-13-6-3-4-9-16(13)23-2/h3-9H,10-11H2,1-2H3,(H2,19,21,22). The Bertz CT molecular complexity index is 858. The maximum absolute atomic E-state index is 12.1. The zero-order valence-electron chi connectivity index (χ0n) is 13.6. The summed E-state index contributed by atoms with van der Waals surface area (Å²) in [5, 5.41) is 5.63. The number of carbonyl (C=O) groups is 1. The second-order valence-electron chi connectivity index (χ2n) is 5.33. The van der Waals surface area contributed by atoms with Gasteiger partial charge in [-0.3, -0.25) is 0 Å².